The summed E-state index contributed by atoms with van der Waals surface area (Å²) in [4.78, 5) is 11.9. The summed E-state index contributed by atoms with van der Waals surface area (Å²) in [6.07, 6.45) is 2.15. The van der Waals surface area contributed by atoms with Gasteiger partial charge in [-0.15, -0.1) is 0 Å². The van der Waals surface area contributed by atoms with E-state index in [0.29, 0.717) is 12.2 Å². The van der Waals surface area contributed by atoms with E-state index >= 15 is 0 Å². The highest BCUT2D eigenvalue weighted by Crippen LogP contribution is 2.24. The van der Waals surface area contributed by atoms with E-state index in [-0.39, 0.29) is 12.1 Å². The summed E-state index contributed by atoms with van der Waals surface area (Å²) in [5.41, 5.74) is 1.68. The summed E-state index contributed by atoms with van der Waals surface area (Å²) < 4.78 is 12.4. The average Bonchev–Trinajstić information content (AvgIpc) is 3.11. The Balaban J connectivity index is 2.04. The van der Waals surface area contributed by atoms with Crippen LogP contribution in [0.3, 0.4) is 0 Å². The molecule has 4 nitrogen and oxygen atoms in total. The number of hydrogen-bond donors (Lipinski definition) is 0. The Hall–Kier alpha value is -1.81. The number of para-hydroxylation sites is 1. The molecule has 2 aromatic rings. The Kier molecular flexibility index (Phi) is 2.80. The third kappa shape index (κ3) is 1.99. The number of aromatic nitrogens is 1. The van der Waals surface area contributed by atoms with Gasteiger partial charge in [-0.3, -0.25) is 0 Å². The Morgan fingerprint density at radius 3 is 3.00 bits per heavy atom. The van der Waals surface area contributed by atoms with Gasteiger partial charge in [0, 0.05) is 17.1 Å². The van der Waals surface area contributed by atoms with Crippen LogP contribution in [-0.4, -0.2) is 29.9 Å². The molecule has 1 aliphatic heterocycles. The van der Waals surface area contributed by atoms with Gasteiger partial charge in [-0.25, -0.2) is 4.79 Å². The molecule has 0 saturated carbocycles. The van der Waals surface area contributed by atoms with Gasteiger partial charge in [-0.05, 0) is 13.0 Å². The summed E-state index contributed by atoms with van der Waals surface area (Å²) in [6, 6.07) is 7.87. The van der Waals surface area contributed by atoms with Gasteiger partial charge in [0.05, 0.1) is 31.4 Å². The van der Waals surface area contributed by atoms with Crippen LogP contribution in [0.5, 0.6) is 0 Å². The first-order chi connectivity index (χ1) is 8.79. The van der Waals surface area contributed by atoms with Crippen molar-refractivity contribution in [3.05, 3.63) is 36.0 Å². The number of epoxide rings is 1. The Bertz CT molecular complexity index is 584. The molecule has 94 valence electrons. The predicted octanol–water partition coefficient (Wildman–Crippen LogP) is 2.22. The zero-order chi connectivity index (χ0) is 12.5. The van der Waals surface area contributed by atoms with Gasteiger partial charge in [-0.1, -0.05) is 18.2 Å². The number of carbonyl (C=O) groups is 1. The lowest BCUT2D eigenvalue weighted by molar-refractivity contribution is 0.0528. The molecule has 1 aliphatic rings. The quantitative estimate of drug-likeness (QED) is 0.612. The average molecular weight is 245 g/mol. The van der Waals surface area contributed by atoms with E-state index in [1.807, 2.05) is 37.4 Å². The Morgan fingerprint density at radius 2 is 2.28 bits per heavy atom. The van der Waals surface area contributed by atoms with Crippen LogP contribution in [0, 0.1) is 0 Å². The second-order valence-electron chi connectivity index (χ2n) is 4.39. The number of esters is 1. The number of rotatable bonds is 4. The molecular formula is C14H15NO3. The molecule has 1 atom stereocenters. The van der Waals surface area contributed by atoms with Crippen molar-refractivity contribution in [2.24, 2.45) is 0 Å². The van der Waals surface area contributed by atoms with Gasteiger partial charge in [0.1, 0.15) is 0 Å². The first kappa shape index (κ1) is 11.3. The maximum Gasteiger partial charge on any atom is 0.340 e. The van der Waals surface area contributed by atoms with Crippen LogP contribution < -0.4 is 0 Å². The van der Waals surface area contributed by atoms with Gasteiger partial charge in [0.2, 0.25) is 0 Å². The SMILES string of the molecule is CCOC(=O)c1cn(CC2CO2)c2ccccc12. The fourth-order valence-corrected chi connectivity index (χ4v) is 2.16. The van der Waals surface area contributed by atoms with Crippen LogP contribution in [0.25, 0.3) is 10.9 Å². The summed E-state index contributed by atoms with van der Waals surface area (Å²) in [5.74, 6) is -0.260. The van der Waals surface area contributed by atoms with E-state index in [0.717, 1.165) is 24.1 Å². The highest BCUT2D eigenvalue weighted by Gasteiger charge is 2.25. The zero-order valence-electron chi connectivity index (χ0n) is 10.3. The minimum atomic E-state index is -0.260. The smallest absolute Gasteiger partial charge is 0.340 e. The minimum absolute atomic E-state index is 0.260. The van der Waals surface area contributed by atoms with E-state index in [2.05, 4.69) is 4.57 Å². The van der Waals surface area contributed by atoms with Gasteiger partial charge < -0.3 is 14.0 Å². The van der Waals surface area contributed by atoms with Crippen LogP contribution in [0.15, 0.2) is 30.5 Å². The van der Waals surface area contributed by atoms with E-state index in [1.165, 1.54) is 0 Å². The minimum Gasteiger partial charge on any atom is -0.462 e. The van der Waals surface area contributed by atoms with Crippen molar-refractivity contribution in [2.45, 2.75) is 19.6 Å². The third-order valence-electron chi connectivity index (χ3n) is 3.09. The highest BCUT2D eigenvalue weighted by molar-refractivity contribution is 6.04. The first-order valence-electron chi connectivity index (χ1n) is 6.16. The molecule has 18 heavy (non-hydrogen) atoms. The molecule has 1 saturated heterocycles. The van der Waals surface area contributed by atoms with Crippen LogP contribution in [-0.2, 0) is 16.0 Å². The topological polar surface area (TPSA) is 43.8 Å². The summed E-state index contributed by atoms with van der Waals surface area (Å²) in [7, 11) is 0. The second kappa shape index (κ2) is 4.46. The van der Waals surface area contributed by atoms with E-state index in [1.54, 1.807) is 0 Å². The largest absolute Gasteiger partial charge is 0.462 e. The number of carbonyl (C=O) groups excluding carboxylic acids is 1. The predicted molar refractivity (Wildman–Crippen MR) is 67.6 cm³/mol. The molecule has 0 radical (unpaired) electrons. The van der Waals surface area contributed by atoms with Crippen molar-refractivity contribution in [1.29, 1.82) is 0 Å². The molecule has 0 aliphatic carbocycles. The molecule has 4 heteroatoms. The summed E-state index contributed by atoms with van der Waals surface area (Å²) in [6.45, 7) is 3.81. The van der Waals surface area contributed by atoms with Gasteiger partial charge in [0.25, 0.3) is 0 Å². The lowest BCUT2D eigenvalue weighted by Gasteiger charge is -2.00. The molecule has 2 heterocycles. The molecule has 1 aromatic heterocycles. The molecule has 1 unspecified atom stereocenters. The molecule has 1 aromatic carbocycles. The van der Waals surface area contributed by atoms with E-state index in [9.17, 15) is 4.79 Å². The standard InChI is InChI=1S/C14H15NO3/c1-2-17-14(16)12-8-15(7-10-9-18-10)13-6-4-3-5-11(12)13/h3-6,8,10H,2,7,9H2,1H3. The van der Waals surface area contributed by atoms with Gasteiger partial charge in [0.15, 0.2) is 0 Å². The number of hydrogen-bond acceptors (Lipinski definition) is 3. The second-order valence-corrected chi connectivity index (χ2v) is 4.39. The number of ether oxygens (including phenoxy) is 2. The number of fused-ring (bicyclic) bond motifs is 1. The maximum atomic E-state index is 11.9. The molecule has 0 N–H and O–H groups in total. The lowest BCUT2D eigenvalue weighted by Crippen LogP contribution is -2.05. The monoisotopic (exact) mass is 245 g/mol. The van der Waals surface area contributed by atoms with E-state index < -0.39 is 0 Å². The highest BCUT2D eigenvalue weighted by atomic mass is 16.6. The first-order valence-corrected chi connectivity index (χ1v) is 6.16. The van der Waals surface area contributed by atoms with Crippen LogP contribution >= 0.6 is 0 Å². The Labute approximate surface area is 105 Å². The third-order valence-corrected chi connectivity index (χ3v) is 3.09. The van der Waals surface area contributed by atoms with Gasteiger partial charge >= 0.3 is 5.97 Å². The van der Waals surface area contributed by atoms with Crippen molar-refractivity contribution in [3.63, 3.8) is 0 Å². The number of benzene rings is 1. The molecule has 0 amide bonds. The molecule has 0 bridgehead atoms. The number of nitrogens with zero attached hydrogens (tertiary/aromatic N) is 1. The summed E-state index contributed by atoms with van der Waals surface area (Å²) >= 11 is 0. The Morgan fingerprint density at radius 1 is 1.50 bits per heavy atom. The maximum absolute atomic E-state index is 11.9. The van der Waals surface area contributed by atoms with Crippen molar-refractivity contribution < 1.29 is 14.3 Å². The van der Waals surface area contributed by atoms with Crippen molar-refractivity contribution in [2.75, 3.05) is 13.2 Å². The molecule has 0 spiro atoms. The fourth-order valence-electron chi connectivity index (χ4n) is 2.16. The van der Waals surface area contributed by atoms with Crippen molar-refractivity contribution in [1.82, 2.24) is 4.57 Å². The van der Waals surface area contributed by atoms with E-state index in [4.69, 9.17) is 9.47 Å². The van der Waals surface area contributed by atoms with Crippen molar-refractivity contribution >= 4 is 16.9 Å². The molecule has 1 fully saturated rings. The molecule has 3 rings (SSSR count). The lowest BCUT2D eigenvalue weighted by atomic mass is 10.2. The van der Waals surface area contributed by atoms with Crippen molar-refractivity contribution in [3.8, 4) is 0 Å². The van der Waals surface area contributed by atoms with Crippen LogP contribution in [0.2, 0.25) is 0 Å². The summed E-state index contributed by atoms with van der Waals surface area (Å²) in [5, 5.41) is 0.941. The van der Waals surface area contributed by atoms with Gasteiger partial charge in [-0.2, -0.15) is 0 Å². The molecular weight excluding hydrogens is 230 g/mol. The fraction of sp³-hybridized carbons (Fsp3) is 0.357. The zero-order valence-corrected chi connectivity index (χ0v) is 10.3. The van der Waals surface area contributed by atoms with Crippen LogP contribution in [0.4, 0.5) is 0 Å². The normalized spacial score (nSPS) is 17.9. The van der Waals surface area contributed by atoms with Crippen LogP contribution in [0.1, 0.15) is 17.3 Å².